The van der Waals surface area contributed by atoms with E-state index in [1.807, 2.05) is 42.5 Å². The third kappa shape index (κ3) is 3.22. The molecule has 0 spiro atoms. The second kappa shape index (κ2) is 7.18. The van der Waals surface area contributed by atoms with Crippen molar-refractivity contribution in [2.45, 2.75) is 0 Å². The number of benzene rings is 2. The van der Waals surface area contributed by atoms with E-state index in [0.717, 1.165) is 32.8 Å². The second-order valence-electron chi connectivity index (χ2n) is 5.05. The summed E-state index contributed by atoms with van der Waals surface area (Å²) in [5.74, 6) is 0.803. The van der Waals surface area contributed by atoms with Crippen LogP contribution in [0.5, 0.6) is 0 Å². The van der Waals surface area contributed by atoms with Crippen LogP contribution < -0.4 is 5.32 Å². The zero-order chi connectivity index (χ0) is 15.6. The number of hydrogen-bond acceptors (Lipinski definition) is 4. The summed E-state index contributed by atoms with van der Waals surface area (Å²) >= 11 is 7.57. The van der Waals surface area contributed by atoms with Gasteiger partial charge in [0.25, 0.3) is 0 Å². The van der Waals surface area contributed by atoms with Gasteiger partial charge >= 0.3 is 0 Å². The third-order valence-corrected chi connectivity index (χ3v) is 4.70. The smallest absolute Gasteiger partial charge is 0.143 e. The molecule has 0 aliphatic carbocycles. The zero-order valence-corrected chi connectivity index (χ0v) is 14.8. The van der Waals surface area contributed by atoms with Crippen molar-refractivity contribution in [2.24, 2.45) is 0 Å². The Hall–Kier alpha value is -2.14. The summed E-state index contributed by atoms with van der Waals surface area (Å²) in [6.07, 6.45) is 1.59. The summed E-state index contributed by atoms with van der Waals surface area (Å²) in [6.45, 7) is 0. The molecule has 0 bridgehead atoms. The first-order valence-electron chi connectivity index (χ1n) is 7.11. The monoisotopic (exact) mass is 373 g/mol. The van der Waals surface area contributed by atoms with Crippen LogP contribution in [0.1, 0.15) is 0 Å². The van der Waals surface area contributed by atoms with Gasteiger partial charge in [-0.2, -0.15) is 0 Å². The number of rotatable bonds is 3. The van der Waals surface area contributed by atoms with E-state index in [-0.39, 0.29) is 12.4 Å². The van der Waals surface area contributed by atoms with Gasteiger partial charge in [-0.1, -0.05) is 41.9 Å². The Morgan fingerprint density at radius 3 is 2.42 bits per heavy atom. The van der Waals surface area contributed by atoms with Crippen molar-refractivity contribution in [3.05, 3.63) is 71.3 Å². The predicted molar refractivity (Wildman–Crippen MR) is 105 cm³/mol. The first-order chi connectivity index (χ1) is 11.3. The van der Waals surface area contributed by atoms with Crippen LogP contribution in [0.15, 0.2) is 66.3 Å². The highest BCUT2D eigenvalue weighted by Crippen LogP contribution is 2.37. The summed E-state index contributed by atoms with van der Waals surface area (Å²) < 4.78 is 0. The van der Waals surface area contributed by atoms with Gasteiger partial charge in [-0.25, -0.2) is 9.97 Å². The van der Waals surface area contributed by atoms with Crippen molar-refractivity contribution in [1.29, 1.82) is 0 Å². The van der Waals surface area contributed by atoms with Crippen molar-refractivity contribution in [3.63, 3.8) is 0 Å². The Labute approximate surface area is 154 Å². The zero-order valence-electron chi connectivity index (χ0n) is 12.4. The van der Waals surface area contributed by atoms with Crippen LogP contribution in [0.3, 0.4) is 0 Å². The molecule has 0 atom stereocenters. The van der Waals surface area contributed by atoms with Crippen molar-refractivity contribution >= 4 is 57.1 Å². The third-order valence-electron chi connectivity index (χ3n) is 3.56. The molecule has 2 aromatic heterocycles. The lowest BCUT2D eigenvalue weighted by molar-refractivity contribution is 1.23. The number of halogens is 2. The molecule has 2 heterocycles. The molecule has 0 saturated heterocycles. The van der Waals surface area contributed by atoms with Gasteiger partial charge in [0.2, 0.25) is 0 Å². The van der Waals surface area contributed by atoms with Gasteiger partial charge in [-0.15, -0.1) is 23.7 Å². The molecule has 0 aliphatic rings. The summed E-state index contributed by atoms with van der Waals surface area (Å²) in [5.41, 5.74) is 3.25. The van der Waals surface area contributed by atoms with Crippen LogP contribution in [0.25, 0.3) is 21.3 Å². The molecule has 1 N–H and O–H groups in total. The lowest BCUT2D eigenvalue weighted by Gasteiger charge is -2.08. The summed E-state index contributed by atoms with van der Waals surface area (Å²) in [7, 11) is 0. The SMILES string of the molecule is Cl.Clc1ccc(Nc2ncnc3scc(-c4ccccc4)c23)cc1. The fraction of sp³-hybridized carbons (Fsp3) is 0. The molecule has 0 fully saturated rings. The van der Waals surface area contributed by atoms with Crippen LogP contribution in [0, 0.1) is 0 Å². The van der Waals surface area contributed by atoms with E-state index in [1.54, 1.807) is 17.7 Å². The minimum absolute atomic E-state index is 0. The summed E-state index contributed by atoms with van der Waals surface area (Å²) in [6, 6.07) is 17.9. The van der Waals surface area contributed by atoms with Gasteiger partial charge < -0.3 is 5.32 Å². The maximum Gasteiger partial charge on any atom is 0.143 e. The second-order valence-corrected chi connectivity index (χ2v) is 6.34. The summed E-state index contributed by atoms with van der Waals surface area (Å²) in [4.78, 5) is 9.79. The Morgan fingerprint density at radius 2 is 1.67 bits per heavy atom. The molecule has 24 heavy (non-hydrogen) atoms. The molecule has 2 aromatic carbocycles. The van der Waals surface area contributed by atoms with Crippen LogP contribution in [-0.2, 0) is 0 Å². The standard InChI is InChI=1S/C18H12ClN3S.ClH/c19-13-6-8-14(9-7-13)22-17-16-15(12-4-2-1-3-5-12)10-23-18(16)21-11-20-17;/h1-11H,(H,20,21,22);1H. The maximum atomic E-state index is 5.95. The number of nitrogens with zero attached hydrogens (tertiary/aromatic N) is 2. The Bertz CT molecular complexity index is 953. The highest BCUT2D eigenvalue weighted by Gasteiger charge is 2.13. The molecule has 0 unspecified atom stereocenters. The molecule has 0 amide bonds. The molecule has 0 aliphatic heterocycles. The van der Waals surface area contributed by atoms with E-state index >= 15 is 0 Å². The van der Waals surface area contributed by atoms with Gasteiger partial charge in [-0.05, 0) is 29.8 Å². The molecular formula is C18H13Cl2N3S. The molecule has 0 saturated carbocycles. The van der Waals surface area contributed by atoms with E-state index in [0.29, 0.717) is 5.02 Å². The van der Waals surface area contributed by atoms with Gasteiger partial charge in [0.15, 0.2) is 0 Å². The normalized spacial score (nSPS) is 10.4. The minimum Gasteiger partial charge on any atom is -0.340 e. The first-order valence-corrected chi connectivity index (χ1v) is 8.37. The fourth-order valence-electron chi connectivity index (χ4n) is 2.47. The number of anilines is 2. The largest absolute Gasteiger partial charge is 0.340 e. The van der Waals surface area contributed by atoms with Crippen molar-refractivity contribution in [2.75, 3.05) is 5.32 Å². The molecule has 4 aromatic rings. The average molecular weight is 374 g/mol. The maximum absolute atomic E-state index is 5.95. The Balaban J connectivity index is 0.00000169. The quantitative estimate of drug-likeness (QED) is 0.465. The highest BCUT2D eigenvalue weighted by atomic mass is 35.5. The summed E-state index contributed by atoms with van der Waals surface area (Å²) in [5, 5.41) is 7.25. The van der Waals surface area contributed by atoms with E-state index in [2.05, 4.69) is 32.8 Å². The Morgan fingerprint density at radius 1 is 0.917 bits per heavy atom. The van der Waals surface area contributed by atoms with Gasteiger partial charge in [0.1, 0.15) is 17.0 Å². The lowest BCUT2D eigenvalue weighted by atomic mass is 10.1. The number of fused-ring (bicyclic) bond motifs is 1. The number of hydrogen-bond donors (Lipinski definition) is 1. The van der Waals surface area contributed by atoms with Crippen molar-refractivity contribution < 1.29 is 0 Å². The molecule has 4 rings (SSSR count). The van der Waals surface area contributed by atoms with Crippen LogP contribution in [-0.4, -0.2) is 9.97 Å². The highest BCUT2D eigenvalue weighted by molar-refractivity contribution is 7.17. The number of nitrogens with one attached hydrogen (secondary N) is 1. The molecule has 3 nitrogen and oxygen atoms in total. The van der Waals surface area contributed by atoms with Crippen LogP contribution >= 0.6 is 35.3 Å². The van der Waals surface area contributed by atoms with Crippen molar-refractivity contribution in [1.82, 2.24) is 9.97 Å². The molecular weight excluding hydrogens is 361 g/mol. The van der Waals surface area contributed by atoms with Crippen LogP contribution in [0.2, 0.25) is 5.02 Å². The van der Waals surface area contributed by atoms with Gasteiger partial charge in [-0.3, -0.25) is 0 Å². The van der Waals surface area contributed by atoms with E-state index in [1.165, 1.54) is 0 Å². The Kier molecular flexibility index (Phi) is 5.00. The van der Waals surface area contributed by atoms with E-state index in [4.69, 9.17) is 11.6 Å². The van der Waals surface area contributed by atoms with Gasteiger partial charge in [0, 0.05) is 21.7 Å². The number of aromatic nitrogens is 2. The average Bonchev–Trinajstić information content (AvgIpc) is 3.03. The van der Waals surface area contributed by atoms with Crippen molar-refractivity contribution in [3.8, 4) is 11.1 Å². The topological polar surface area (TPSA) is 37.8 Å². The predicted octanol–water partition coefficient (Wildman–Crippen LogP) is 6.18. The molecule has 0 radical (unpaired) electrons. The fourth-order valence-corrected chi connectivity index (χ4v) is 3.51. The first kappa shape index (κ1) is 16.7. The lowest BCUT2D eigenvalue weighted by Crippen LogP contribution is -1.95. The van der Waals surface area contributed by atoms with Gasteiger partial charge in [0.05, 0.1) is 5.39 Å². The van der Waals surface area contributed by atoms with E-state index in [9.17, 15) is 0 Å². The van der Waals surface area contributed by atoms with E-state index < -0.39 is 0 Å². The number of thiophene rings is 1. The minimum atomic E-state index is 0. The molecule has 6 heteroatoms. The molecule has 120 valence electrons. The van der Waals surface area contributed by atoms with Crippen LogP contribution in [0.4, 0.5) is 11.5 Å².